The fourth-order valence-corrected chi connectivity index (χ4v) is 1.28. The molecule has 15 heavy (non-hydrogen) atoms. The summed E-state index contributed by atoms with van der Waals surface area (Å²) in [6.07, 6.45) is 1.73. The number of nitrogens with one attached hydrogen (secondary N) is 1. The Kier molecular flexibility index (Phi) is 2.91. The van der Waals surface area contributed by atoms with E-state index in [9.17, 15) is 0 Å². The number of hydrogen-bond donors (Lipinski definition) is 1. The van der Waals surface area contributed by atoms with Crippen LogP contribution in [0.2, 0.25) is 0 Å². The van der Waals surface area contributed by atoms with Crippen molar-refractivity contribution in [3.05, 3.63) is 28.6 Å². The molecule has 2 rings (SSSR count). The third kappa shape index (κ3) is 2.72. The van der Waals surface area contributed by atoms with E-state index in [0.717, 1.165) is 10.3 Å². The topological polar surface area (TPSA) is 68.5 Å². The number of tetrazole rings is 1. The van der Waals surface area contributed by atoms with E-state index in [0.29, 0.717) is 12.4 Å². The number of pyridine rings is 1. The Labute approximate surface area is 94.8 Å². The summed E-state index contributed by atoms with van der Waals surface area (Å²) in [6, 6.07) is 3.79. The first kappa shape index (κ1) is 10.0. The molecule has 0 unspecified atom stereocenters. The summed E-state index contributed by atoms with van der Waals surface area (Å²) in [6.45, 7) is 0.516. The Morgan fingerprint density at radius 2 is 2.33 bits per heavy atom. The van der Waals surface area contributed by atoms with Crippen LogP contribution in [0.25, 0.3) is 0 Å². The first-order valence-electron chi connectivity index (χ1n) is 4.32. The zero-order chi connectivity index (χ0) is 10.7. The van der Waals surface area contributed by atoms with E-state index >= 15 is 0 Å². The molecule has 0 saturated carbocycles. The van der Waals surface area contributed by atoms with Gasteiger partial charge in [-0.15, -0.1) is 10.2 Å². The normalized spacial score (nSPS) is 10.3. The second-order valence-electron chi connectivity index (χ2n) is 2.91. The maximum Gasteiger partial charge on any atom is 0.193 e. The summed E-state index contributed by atoms with van der Waals surface area (Å²) in [4.78, 5) is 5.58. The first-order valence-corrected chi connectivity index (χ1v) is 5.11. The van der Waals surface area contributed by atoms with Crippen LogP contribution in [0.15, 0.2) is 22.8 Å². The summed E-state index contributed by atoms with van der Waals surface area (Å²) in [7, 11) is 1.73. The minimum atomic E-state index is 0.516. The van der Waals surface area contributed by atoms with Crippen molar-refractivity contribution in [2.45, 2.75) is 6.54 Å². The Bertz CT molecular complexity index is 437. The van der Waals surface area contributed by atoms with Crippen molar-refractivity contribution in [3.8, 4) is 0 Å². The maximum absolute atomic E-state index is 4.16. The summed E-state index contributed by atoms with van der Waals surface area (Å²) in [5, 5.41) is 14.7. The van der Waals surface area contributed by atoms with Gasteiger partial charge in [0.2, 0.25) is 0 Å². The van der Waals surface area contributed by atoms with Gasteiger partial charge in [-0.1, -0.05) is 0 Å². The van der Waals surface area contributed by atoms with Gasteiger partial charge in [-0.25, -0.2) is 4.98 Å². The molecular formula is C8H9BrN6. The molecule has 0 amide bonds. The number of aryl methyl sites for hydroxylation is 1. The Balaban J connectivity index is 1.96. The molecule has 2 aromatic rings. The zero-order valence-corrected chi connectivity index (χ0v) is 9.64. The van der Waals surface area contributed by atoms with Crippen molar-refractivity contribution in [1.29, 1.82) is 0 Å². The molecule has 1 N–H and O–H groups in total. The highest BCUT2D eigenvalue weighted by Crippen LogP contribution is 2.10. The van der Waals surface area contributed by atoms with Gasteiger partial charge in [0.15, 0.2) is 5.82 Å². The average molecular weight is 269 g/mol. The quantitative estimate of drug-likeness (QED) is 0.899. The van der Waals surface area contributed by atoms with E-state index in [1.807, 2.05) is 12.1 Å². The predicted molar refractivity (Wildman–Crippen MR) is 58.1 cm³/mol. The highest BCUT2D eigenvalue weighted by Gasteiger charge is 2.00. The fraction of sp³-hybridized carbons (Fsp3) is 0.250. The van der Waals surface area contributed by atoms with Crippen LogP contribution in [0.3, 0.4) is 0 Å². The van der Waals surface area contributed by atoms with E-state index < -0.39 is 0 Å². The van der Waals surface area contributed by atoms with Crippen LogP contribution in [0, 0.1) is 0 Å². The van der Waals surface area contributed by atoms with E-state index in [-0.39, 0.29) is 0 Å². The first-order chi connectivity index (χ1) is 7.24. The molecule has 0 spiro atoms. The van der Waals surface area contributed by atoms with Gasteiger partial charge in [0.1, 0.15) is 5.82 Å². The molecule has 6 nitrogen and oxygen atoms in total. The van der Waals surface area contributed by atoms with Crippen LogP contribution in [-0.4, -0.2) is 25.2 Å². The lowest BCUT2D eigenvalue weighted by atomic mass is 10.4. The molecule has 0 radical (unpaired) electrons. The largest absolute Gasteiger partial charge is 0.363 e. The summed E-state index contributed by atoms with van der Waals surface area (Å²) in [5.74, 6) is 1.42. The molecule has 0 fully saturated rings. The second-order valence-corrected chi connectivity index (χ2v) is 3.83. The van der Waals surface area contributed by atoms with Gasteiger partial charge >= 0.3 is 0 Å². The molecule has 0 saturated heterocycles. The van der Waals surface area contributed by atoms with E-state index in [1.54, 1.807) is 13.2 Å². The number of aromatic nitrogens is 5. The second kappa shape index (κ2) is 4.35. The van der Waals surface area contributed by atoms with Crippen LogP contribution in [-0.2, 0) is 13.6 Å². The average Bonchev–Trinajstić information content (AvgIpc) is 2.64. The minimum absolute atomic E-state index is 0.516. The fourth-order valence-electron chi connectivity index (χ4n) is 1.04. The van der Waals surface area contributed by atoms with Crippen LogP contribution in [0.1, 0.15) is 5.82 Å². The minimum Gasteiger partial charge on any atom is -0.363 e. The van der Waals surface area contributed by atoms with Gasteiger partial charge in [-0.2, -0.15) is 4.80 Å². The van der Waals surface area contributed by atoms with Crippen molar-refractivity contribution in [1.82, 2.24) is 25.2 Å². The summed E-state index contributed by atoms with van der Waals surface area (Å²) < 4.78 is 0.950. The third-order valence-electron chi connectivity index (χ3n) is 1.70. The summed E-state index contributed by atoms with van der Waals surface area (Å²) >= 11 is 3.32. The SMILES string of the molecule is Cn1nnc(CNc2ccc(Br)cn2)n1. The lowest BCUT2D eigenvalue weighted by Gasteiger charge is -2.01. The van der Waals surface area contributed by atoms with Crippen molar-refractivity contribution in [2.24, 2.45) is 7.05 Å². The van der Waals surface area contributed by atoms with E-state index in [4.69, 9.17) is 0 Å². The maximum atomic E-state index is 4.16. The lowest BCUT2D eigenvalue weighted by Crippen LogP contribution is -2.03. The zero-order valence-electron chi connectivity index (χ0n) is 8.05. The Morgan fingerprint density at radius 3 is 2.93 bits per heavy atom. The highest BCUT2D eigenvalue weighted by molar-refractivity contribution is 9.10. The van der Waals surface area contributed by atoms with Gasteiger partial charge < -0.3 is 5.32 Å². The number of halogens is 1. The molecule has 78 valence electrons. The molecule has 7 heteroatoms. The van der Waals surface area contributed by atoms with Gasteiger partial charge in [-0.3, -0.25) is 0 Å². The standard InChI is InChI=1S/C8H9BrN6/c1-15-13-8(12-14-15)5-11-7-3-2-6(9)4-10-7/h2-4H,5H2,1H3,(H,10,11). The highest BCUT2D eigenvalue weighted by atomic mass is 79.9. The van der Waals surface area contributed by atoms with Crippen LogP contribution < -0.4 is 5.32 Å². The van der Waals surface area contributed by atoms with Gasteiger partial charge in [-0.05, 0) is 33.3 Å². The monoisotopic (exact) mass is 268 g/mol. The summed E-state index contributed by atoms with van der Waals surface area (Å²) in [5.41, 5.74) is 0. The predicted octanol–water partition coefficient (Wildman–Crippen LogP) is 0.980. The van der Waals surface area contributed by atoms with Crippen LogP contribution >= 0.6 is 15.9 Å². The molecule has 2 heterocycles. The van der Waals surface area contributed by atoms with Crippen molar-refractivity contribution < 1.29 is 0 Å². The number of nitrogens with zero attached hydrogens (tertiary/aromatic N) is 5. The van der Waals surface area contributed by atoms with E-state index in [1.165, 1.54) is 4.80 Å². The molecule has 0 bridgehead atoms. The molecule has 2 aromatic heterocycles. The molecule has 0 aliphatic heterocycles. The van der Waals surface area contributed by atoms with Crippen LogP contribution in [0.4, 0.5) is 5.82 Å². The van der Waals surface area contributed by atoms with Crippen molar-refractivity contribution >= 4 is 21.7 Å². The third-order valence-corrected chi connectivity index (χ3v) is 2.17. The molecule has 0 aliphatic carbocycles. The van der Waals surface area contributed by atoms with Gasteiger partial charge in [0, 0.05) is 10.7 Å². The Hall–Kier alpha value is -1.50. The van der Waals surface area contributed by atoms with E-state index in [2.05, 4.69) is 41.6 Å². The smallest absolute Gasteiger partial charge is 0.193 e. The number of rotatable bonds is 3. The van der Waals surface area contributed by atoms with Crippen molar-refractivity contribution in [2.75, 3.05) is 5.32 Å². The Morgan fingerprint density at radius 1 is 1.47 bits per heavy atom. The molecule has 0 aliphatic rings. The van der Waals surface area contributed by atoms with Gasteiger partial charge in [0.25, 0.3) is 0 Å². The number of anilines is 1. The van der Waals surface area contributed by atoms with Crippen molar-refractivity contribution in [3.63, 3.8) is 0 Å². The molecule has 0 atom stereocenters. The van der Waals surface area contributed by atoms with Crippen LogP contribution in [0.5, 0.6) is 0 Å². The lowest BCUT2D eigenvalue weighted by molar-refractivity contribution is 0.628. The molecule has 0 aromatic carbocycles. The van der Waals surface area contributed by atoms with Gasteiger partial charge in [0.05, 0.1) is 13.6 Å². The molecular weight excluding hydrogens is 260 g/mol. The number of hydrogen-bond acceptors (Lipinski definition) is 5.